The second-order valence-electron chi connectivity index (χ2n) is 3.93. The lowest BCUT2D eigenvalue weighted by atomic mass is 10.1. The molecular weight excluding hydrogens is 276 g/mol. The summed E-state index contributed by atoms with van der Waals surface area (Å²) in [5.41, 5.74) is 0. The van der Waals surface area contributed by atoms with Gasteiger partial charge in [-0.25, -0.2) is 0 Å². The van der Waals surface area contributed by atoms with E-state index in [0.29, 0.717) is 0 Å². The van der Waals surface area contributed by atoms with Crippen LogP contribution in [0.2, 0.25) is 0 Å². The molecule has 0 fully saturated rings. The van der Waals surface area contributed by atoms with Gasteiger partial charge in [-0.15, -0.1) is 6.58 Å². The molecule has 2 aromatic carbocycles. The summed E-state index contributed by atoms with van der Waals surface area (Å²) in [6.07, 6.45) is 3.93. The van der Waals surface area contributed by atoms with Crippen LogP contribution >= 0.6 is 15.9 Å². The Morgan fingerprint density at radius 2 is 1.88 bits per heavy atom. The summed E-state index contributed by atoms with van der Waals surface area (Å²) < 4.78 is 6.79. The van der Waals surface area contributed by atoms with E-state index in [1.165, 1.54) is 10.8 Å². The molecule has 0 radical (unpaired) electrons. The van der Waals surface area contributed by atoms with Gasteiger partial charge < -0.3 is 4.74 Å². The van der Waals surface area contributed by atoms with Gasteiger partial charge in [0.2, 0.25) is 0 Å². The Hall–Kier alpha value is -1.28. The third kappa shape index (κ3) is 3.34. The minimum absolute atomic E-state index is 0.744. The average Bonchev–Trinajstić information content (AvgIpc) is 2.35. The molecular formula is C15H15BrO. The Morgan fingerprint density at radius 1 is 1.12 bits per heavy atom. The number of ether oxygens (including phenoxy) is 1. The Labute approximate surface area is 110 Å². The van der Waals surface area contributed by atoms with Gasteiger partial charge in [0.05, 0.1) is 6.61 Å². The summed E-state index contributed by atoms with van der Waals surface area (Å²) in [7, 11) is 0. The highest BCUT2D eigenvalue weighted by Crippen LogP contribution is 2.24. The van der Waals surface area contributed by atoms with Crippen LogP contribution < -0.4 is 4.74 Å². The SMILES string of the molecule is C=CCCCOc1ccc2cc(Br)ccc2c1. The van der Waals surface area contributed by atoms with E-state index in [4.69, 9.17) is 4.74 Å². The normalized spacial score (nSPS) is 10.4. The number of fused-ring (bicyclic) bond motifs is 1. The molecule has 0 aliphatic carbocycles. The van der Waals surface area contributed by atoms with Crippen LogP contribution in [0.25, 0.3) is 10.8 Å². The monoisotopic (exact) mass is 290 g/mol. The predicted molar refractivity (Wildman–Crippen MR) is 76.6 cm³/mol. The Balaban J connectivity index is 2.09. The third-order valence-corrected chi connectivity index (χ3v) is 3.09. The zero-order valence-corrected chi connectivity index (χ0v) is 11.2. The molecule has 0 aromatic heterocycles. The van der Waals surface area contributed by atoms with Crippen LogP contribution in [0.5, 0.6) is 5.75 Å². The summed E-state index contributed by atoms with van der Waals surface area (Å²) in [5, 5.41) is 2.42. The van der Waals surface area contributed by atoms with Crippen molar-refractivity contribution in [1.82, 2.24) is 0 Å². The lowest BCUT2D eigenvalue weighted by Gasteiger charge is -2.06. The molecule has 0 bridgehead atoms. The third-order valence-electron chi connectivity index (χ3n) is 2.60. The molecule has 0 aliphatic rings. The maximum Gasteiger partial charge on any atom is 0.119 e. The smallest absolute Gasteiger partial charge is 0.119 e. The molecule has 0 spiro atoms. The second-order valence-corrected chi connectivity index (χ2v) is 4.85. The number of halogens is 1. The van der Waals surface area contributed by atoms with Crippen molar-refractivity contribution < 1.29 is 4.74 Å². The summed E-state index contributed by atoms with van der Waals surface area (Å²) in [5.74, 6) is 0.934. The standard InChI is InChI=1S/C15H15BrO/c1-2-3-4-9-17-15-8-6-12-10-14(16)7-5-13(12)11-15/h2,5-8,10-11H,1,3-4,9H2. The maximum atomic E-state index is 5.69. The number of rotatable bonds is 5. The maximum absolute atomic E-state index is 5.69. The molecule has 1 nitrogen and oxygen atoms in total. The molecule has 0 N–H and O–H groups in total. The minimum atomic E-state index is 0.744. The van der Waals surface area contributed by atoms with E-state index in [1.54, 1.807) is 0 Å². The van der Waals surface area contributed by atoms with Crippen LogP contribution in [0, 0.1) is 0 Å². The molecule has 88 valence electrons. The highest BCUT2D eigenvalue weighted by molar-refractivity contribution is 9.10. The zero-order valence-electron chi connectivity index (χ0n) is 9.66. The number of allylic oxidation sites excluding steroid dienone is 1. The molecule has 0 saturated carbocycles. The minimum Gasteiger partial charge on any atom is -0.494 e. The van der Waals surface area contributed by atoms with Crippen molar-refractivity contribution in [2.24, 2.45) is 0 Å². The lowest BCUT2D eigenvalue weighted by molar-refractivity contribution is 0.312. The molecule has 0 atom stereocenters. The van der Waals surface area contributed by atoms with Crippen molar-refractivity contribution in [3.8, 4) is 5.75 Å². The first-order valence-corrected chi connectivity index (χ1v) is 6.52. The highest BCUT2D eigenvalue weighted by Gasteiger charge is 1.98. The Morgan fingerprint density at radius 3 is 2.71 bits per heavy atom. The molecule has 0 heterocycles. The number of hydrogen-bond donors (Lipinski definition) is 0. The summed E-state index contributed by atoms with van der Waals surface area (Å²) >= 11 is 3.47. The van der Waals surface area contributed by atoms with Gasteiger partial charge in [0, 0.05) is 4.47 Å². The zero-order chi connectivity index (χ0) is 12.1. The van der Waals surface area contributed by atoms with Gasteiger partial charge in [-0.3, -0.25) is 0 Å². The molecule has 2 aromatic rings. The second kappa shape index (κ2) is 5.87. The van der Waals surface area contributed by atoms with E-state index < -0.39 is 0 Å². The molecule has 0 saturated heterocycles. The van der Waals surface area contributed by atoms with Crippen LogP contribution in [0.15, 0.2) is 53.5 Å². The van der Waals surface area contributed by atoms with Crippen LogP contribution in [-0.4, -0.2) is 6.61 Å². The van der Waals surface area contributed by atoms with E-state index in [1.807, 2.05) is 18.2 Å². The fourth-order valence-electron chi connectivity index (χ4n) is 1.70. The van der Waals surface area contributed by atoms with Gasteiger partial charge in [-0.1, -0.05) is 34.1 Å². The fourth-order valence-corrected chi connectivity index (χ4v) is 2.08. The first kappa shape index (κ1) is 12.2. The molecule has 0 aliphatic heterocycles. The van der Waals surface area contributed by atoms with E-state index in [9.17, 15) is 0 Å². The van der Waals surface area contributed by atoms with Gasteiger partial charge in [0.15, 0.2) is 0 Å². The first-order valence-electron chi connectivity index (χ1n) is 5.72. The lowest BCUT2D eigenvalue weighted by Crippen LogP contribution is -1.96. The largest absolute Gasteiger partial charge is 0.494 e. The molecule has 2 rings (SSSR count). The molecule has 17 heavy (non-hydrogen) atoms. The number of unbranched alkanes of at least 4 members (excludes halogenated alkanes) is 1. The van der Waals surface area contributed by atoms with Crippen molar-refractivity contribution in [2.45, 2.75) is 12.8 Å². The van der Waals surface area contributed by atoms with Gasteiger partial charge in [-0.2, -0.15) is 0 Å². The first-order chi connectivity index (χ1) is 8.29. The van der Waals surface area contributed by atoms with Crippen molar-refractivity contribution in [3.63, 3.8) is 0 Å². The van der Waals surface area contributed by atoms with E-state index in [2.05, 4.69) is 46.8 Å². The quantitative estimate of drug-likeness (QED) is 0.559. The predicted octanol–water partition coefficient (Wildman–Crippen LogP) is 4.95. The van der Waals surface area contributed by atoms with E-state index in [-0.39, 0.29) is 0 Å². The summed E-state index contributed by atoms with van der Waals surface area (Å²) in [4.78, 5) is 0. The van der Waals surface area contributed by atoms with Crippen LogP contribution in [0.1, 0.15) is 12.8 Å². The van der Waals surface area contributed by atoms with Gasteiger partial charge in [0.1, 0.15) is 5.75 Å². The van der Waals surface area contributed by atoms with Crippen molar-refractivity contribution in [2.75, 3.05) is 6.61 Å². The van der Waals surface area contributed by atoms with Crippen LogP contribution in [-0.2, 0) is 0 Å². The van der Waals surface area contributed by atoms with Gasteiger partial charge in [0.25, 0.3) is 0 Å². The average molecular weight is 291 g/mol. The van der Waals surface area contributed by atoms with Gasteiger partial charge >= 0.3 is 0 Å². The Bertz CT molecular complexity index is 519. The molecule has 2 heteroatoms. The highest BCUT2D eigenvalue weighted by atomic mass is 79.9. The van der Waals surface area contributed by atoms with E-state index in [0.717, 1.165) is 29.7 Å². The van der Waals surface area contributed by atoms with Crippen molar-refractivity contribution >= 4 is 26.7 Å². The van der Waals surface area contributed by atoms with Crippen LogP contribution in [0.3, 0.4) is 0 Å². The van der Waals surface area contributed by atoms with Crippen LogP contribution in [0.4, 0.5) is 0 Å². The summed E-state index contributed by atoms with van der Waals surface area (Å²) in [6, 6.07) is 12.4. The van der Waals surface area contributed by atoms with Crippen molar-refractivity contribution in [1.29, 1.82) is 0 Å². The Kier molecular flexibility index (Phi) is 4.21. The summed E-state index contributed by atoms with van der Waals surface area (Å²) in [6.45, 7) is 4.44. The van der Waals surface area contributed by atoms with Gasteiger partial charge in [-0.05, 0) is 47.9 Å². The molecule has 0 amide bonds. The molecule has 0 unspecified atom stereocenters. The topological polar surface area (TPSA) is 9.23 Å². The fraction of sp³-hybridized carbons (Fsp3) is 0.200. The number of benzene rings is 2. The number of hydrogen-bond acceptors (Lipinski definition) is 1. The van der Waals surface area contributed by atoms with Crippen molar-refractivity contribution in [3.05, 3.63) is 53.5 Å². The van der Waals surface area contributed by atoms with E-state index >= 15 is 0 Å².